The molecule has 0 spiro atoms. The van der Waals surface area contributed by atoms with Crippen molar-refractivity contribution in [2.24, 2.45) is 0 Å². The van der Waals surface area contributed by atoms with Crippen LogP contribution in [0.3, 0.4) is 0 Å². The predicted octanol–water partition coefficient (Wildman–Crippen LogP) is 0.229. The Morgan fingerprint density at radius 3 is 2.60 bits per heavy atom. The van der Waals surface area contributed by atoms with Crippen molar-refractivity contribution in [2.45, 2.75) is 13.0 Å². The highest BCUT2D eigenvalue weighted by atomic mass is 16.5. The van der Waals surface area contributed by atoms with E-state index in [9.17, 15) is 9.90 Å². The Hall–Kier alpha value is -1.66. The number of pyridine rings is 1. The zero-order valence-corrected chi connectivity index (χ0v) is 12.0. The zero-order chi connectivity index (χ0) is 14.5. The number of ether oxygens (including phenoxy) is 1. The van der Waals surface area contributed by atoms with Crippen molar-refractivity contribution >= 4 is 5.91 Å². The van der Waals surface area contributed by atoms with Crippen LogP contribution in [0.5, 0.6) is 5.88 Å². The van der Waals surface area contributed by atoms with E-state index < -0.39 is 0 Å². The van der Waals surface area contributed by atoms with Crippen LogP contribution in [0, 0.1) is 0 Å². The van der Waals surface area contributed by atoms with E-state index in [1.165, 1.54) is 0 Å². The van der Waals surface area contributed by atoms with Gasteiger partial charge in [-0.15, -0.1) is 0 Å². The summed E-state index contributed by atoms with van der Waals surface area (Å²) in [5.74, 6) is 0.500. The second-order valence-electron chi connectivity index (χ2n) is 5.03. The molecule has 1 amide bonds. The van der Waals surface area contributed by atoms with Gasteiger partial charge in [0.15, 0.2) is 0 Å². The third-order valence-corrected chi connectivity index (χ3v) is 3.37. The summed E-state index contributed by atoms with van der Waals surface area (Å²) in [5.41, 5.74) is 0.578. The number of aliphatic hydroxyl groups is 1. The summed E-state index contributed by atoms with van der Waals surface area (Å²) in [6.45, 7) is 5.38. The molecule has 1 fully saturated rings. The molecule has 0 bridgehead atoms. The highest BCUT2D eigenvalue weighted by Crippen LogP contribution is 2.11. The molecule has 1 N–H and O–H groups in total. The van der Waals surface area contributed by atoms with Crippen molar-refractivity contribution in [2.75, 3.05) is 39.8 Å². The van der Waals surface area contributed by atoms with Crippen molar-refractivity contribution in [3.05, 3.63) is 23.9 Å². The summed E-state index contributed by atoms with van der Waals surface area (Å²) in [4.78, 5) is 20.3. The quantitative estimate of drug-likeness (QED) is 0.854. The minimum absolute atomic E-state index is 0.00292. The van der Waals surface area contributed by atoms with Crippen LogP contribution < -0.4 is 4.74 Å². The highest BCUT2D eigenvalue weighted by molar-refractivity contribution is 5.94. The van der Waals surface area contributed by atoms with E-state index in [-0.39, 0.29) is 12.0 Å². The van der Waals surface area contributed by atoms with Gasteiger partial charge in [0.25, 0.3) is 5.91 Å². The fraction of sp³-hybridized carbons (Fsp3) is 0.571. The predicted molar refractivity (Wildman–Crippen MR) is 74.8 cm³/mol. The SMILES string of the molecule is COc1ccc(C(=O)N2CCN(C[C@@H](C)O)CC2)cn1. The normalized spacial score (nSPS) is 17.9. The average Bonchev–Trinajstić information content (AvgIpc) is 2.47. The second kappa shape index (κ2) is 6.67. The Morgan fingerprint density at radius 2 is 2.10 bits per heavy atom. The van der Waals surface area contributed by atoms with Crippen LogP contribution in [0.2, 0.25) is 0 Å². The number of nitrogens with zero attached hydrogens (tertiary/aromatic N) is 3. The van der Waals surface area contributed by atoms with E-state index in [0.717, 1.165) is 13.1 Å². The van der Waals surface area contributed by atoms with Gasteiger partial charge < -0.3 is 14.7 Å². The number of aromatic nitrogens is 1. The number of carbonyl (C=O) groups is 1. The summed E-state index contributed by atoms with van der Waals surface area (Å²) < 4.78 is 4.98. The number of carbonyl (C=O) groups excluding carboxylic acids is 1. The first-order chi connectivity index (χ1) is 9.60. The Bertz CT molecular complexity index is 439. The Balaban J connectivity index is 1.90. The summed E-state index contributed by atoms with van der Waals surface area (Å²) in [5, 5.41) is 9.36. The molecule has 2 rings (SSSR count). The van der Waals surface area contributed by atoms with Gasteiger partial charge >= 0.3 is 0 Å². The van der Waals surface area contributed by atoms with Crippen molar-refractivity contribution in [1.29, 1.82) is 0 Å². The van der Waals surface area contributed by atoms with Crippen LogP contribution in [0.15, 0.2) is 18.3 Å². The molecule has 2 heterocycles. The molecule has 0 radical (unpaired) electrons. The van der Waals surface area contributed by atoms with Gasteiger partial charge in [-0.3, -0.25) is 9.69 Å². The maximum atomic E-state index is 12.3. The number of hydrogen-bond donors (Lipinski definition) is 1. The third kappa shape index (κ3) is 3.68. The van der Waals surface area contributed by atoms with Gasteiger partial charge in [0.2, 0.25) is 5.88 Å². The van der Waals surface area contributed by atoms with Gasteiger partial charge in [0.1, 0.15) is 0 Å². The molecule has 0 aliphatic carbocycles. The maximum absolute atomic E-state index is 12.3. The molecule has 20 heavy (non-hydrogen) atoms. The molecule has 6 nitrogen and oxygen atoms in total. The van der Waals surface area contributed by atoms with Crippen LogP contribution in [0.4, 0.5) is 0 Å². The Morgan fingerprint density at radius 1 is 1.40 bits per heavy atom. The zero-order valence-electron chi connectivity index (χ0n) is 12.0. The number of piperazine rings is 1. The molecule has 1 aromatic rings. The molecule has 110 valence electrons. The van der Waals surface area contributed by atoms with Gasteiger partial charge in [-0.25, -0.2) is 4.98 Å². The van der Waals surface area contributed by atoms with Crippen molar-refractivity contribution in [3.8, 4) is 5.88 Å². The lowest BCUT2D eigenvalue weighted by atomic mass is 10.2. The lowest BCUT2D eigenvalue weighted by Gasteiger charge is -2.35. The van der Waals surface area contributed by atoms with Crippen LogP contribution in [-0.2, 0) is 0 Å². The summed E-state index contributed by atoms with van der Waals surface area (Å²) in [6, 6.07) is 3.42. The first-order valence-electron chi connectivity index (χ1n) is 6.80. The molecule has 1 aromatic heterocycles. The van der Waals surface area contributed by atoms with Gasteiger partial charge in [-0.2, -0.15) is 0 Å². The topological polar surface area (TPSA) is 65.9 Å². The van der Waals surface area contributed by atoms with E-state index in [4.69, 9.17) is 4.74 Å². The van der Waals surface area contributed by atoms with E-state index >= 15 is 0 Å². The van der Waals surface area contributed by atoms with E-state index in [1.54, 1.807) is 32.4 Å². The molecule has 1 aliphatic rings. The lowest BCUT2D eigenvalue weighted by Crippen LogP contribution is -2.50. The minimum atomic E-state index is -0.331. The number of methoxy groups -OCH3 is 1. The van der Waals surface area contributed by atoms with Crippen molar-refractivity contribution in [3.63, 3.8) is 0 Å². The minimum Gasteiger partial charge on any atom is -0.481 e. The van der Waals surface area contributed by atoms with E-state index in [1.807, 2.05) is 4.90 Å². The van der Waals surface area contributed by atoms with Gasteiger partial charge in [0.05, 0.1) is 18.8 Å². The van der Waals surface area contributed by atoms with Gasteiger partial charge in [-0.1, -0.05) is 0 Å². The Labute approximate surface area is 119 Å². The monoisotopic (exact) mass is 279 g/mol. The largest absolute Gasteiger partial charge is 0.481 e. The lowest BCUT2D eigenvalue weighted by molar-refractivity contribution is 0.0553. The molecular weight excluding hydrogens is 258 g/mol. The number of aliphatic hydroxyl groups excluding tert-OH is 1. The smallest absolute Gasteiger partial charge is 0.255 e. The van der Waals surface area contributed by atoms with Gasteiger partial charge in [0, 0.05) is 45.0 Å². The van der Waals surface area contributed by atoms with Crippen LogP contribution in [0.25, 0.3) is 0 Å². The second-order valence-corrected chi connectivity index (χ2v) is 5.03. The van der Waals surface area contributed by atoms with Crippen molar-refractivity contribution < 1.29 is 14.6 Å². The molecule has 1 saturated heterocycles. The number of amides is 1. The van der Waals surface area contributed by atoms with Crippen molar-refractivity contribution in [1.82, 2.24) is 14.8 Å². The first-order valence-corrected chi connectivity index (χ1v) is 6.80. The molecular formula is C14H21N3O3. The van der Waals surface area contributed by atoms with Crippen LogP contribution in [-0.4, -0.2) is 71.7 Å². The fourth-order valence-corrected chi connectivity index (χ4v) is 2.32. The molecule has 0 saturated carbocycles. The molecule has 1 aliphatic heterocycles. The number of β-amino-alcohol motifs (C(OH)–C–C–N with tert-alkyl or cyclic N) is 1. The molecule has 6 heteroatoms. The van der Waals surface area contributed by atoms with Gasteiger partial charge in [-0.05, 0) is 13.0 Å². The first kappa shape index (κ1) is 14.7. The maximum Gasteiger partial charge on any atom is 0.255 e. The van der Waals surface area contributed by atoms with Crippen LogP contribution in [0.1, 0.15) is 17.3 Å². The molecule has 0 unspecified atom stereocenters. The molecule has 1 atom stereocenters. The summed E-state index contributed by atoms with van der Waals surface area (Å²) in [6.07, 6.45) is 1.21. The van der Waals surface area contributed by atoms with E-state index in [0.29, 0.717) is 31.1 Å². The molecule has 0 aromatic carbocycles. The summed E-state index contributed by atoms with van der Waals surface area (Å²) in [7, 11) is 1.55. The number of hydrogen-bond acceptors (Lipinski definition) is 5. The fourth-order valence-electron chi connectivity index (χ4n) is 2.32. The van der Waals surface area contributed by atoms with Crippen LogP contribution >= 0.6 is 0 Å². The summed E-state index contributed by atoms with van der Waals surface area (Å²) >= 11 is 0. The van der Waals surface area contributed by atoms with E-state index in [2.05, 4.69) is 9.88 Å². The number of rotatable bonds is 4. The third-order valence-electron chi connectivity index (χ3n) is 3.37. The average molecular weight is 279 g/mol. The highest BCUT2D eigenvalue weighted by Gasteiger charge is 2.22. The standard InChI is InChI=1S/C14H21N3O3/c1-11(18)10-16-5-7-17(8-6-16)14(19)12-3-4-13(20-2)15-9-12/h3-4,9,11,18H,5-8,10H2,1-2H3/t11-/m1/s1. The Kier molecular flexibility index (Phi) is 4.92.